The van der Waals surface area contributed by atoms with Crippen LogP contribution in [0.25, 0.3) is 0 Å². The van der Waals surface area contributed by atoms with E-state index in [-0.39, 0.29) is 0 Å². The molecular formula is C21H25N5O2. The van der Waals surface area contributed by atoms with E-state index in [1.54, 1.807) is 19.5 Å². The average molecular weight is 379 g/mol. The van der Waals surface area contributed by atoms with Crippen molar-refractivity contribution in [3.8, 4) is 17.4 Å². The van der Waals surface area contributed by atoms with Crippen molar-refractivity contribution in [2.75, 3.05) is 20.2 Å². The highest BCUT2D eigenvalue weighted by molar-refractivity contribution is 5.36. The summed E-state index contributed by atoms with van der Waals surface area (Å²) >= 11 is 0. The molecule has 28 heavy (non-hydrogen) atoms. The van der Waals surface area contributed by atoms with E-state index < -0.39 is 0 Å². The van der Waals surface area contributed by atoms with Crippen LogP contribution in [0.5, 0.6) is 17.4 Å². The van der Waals surface area contributed by atoms with Gasteiger partial charge in [-0.1, -0.05) is 6.07 Å². The average Bonchev–Trinajstić information content (AvgIpc) is 3.14. The molecule has 0 saturated carbocycles. The first-order valence-electron chi connectivity index (χ1n) is 9.55. The molecular weight excluding hydrogens is 354 g/mol. The highest BCUT2D eigenvalue weighted by Crippen LogP contribution is 2.34. The molecule has 0 unspecified atom stereocenters. The first-order chi connectivity index (χ1) is 13.7. The third-order valence-corrected chi connectivity index (χ3v) is 5.23. The topological polar surface area (TPSA) is 65.3 Å². The number of hydrogen-bond acceptors (Lipinski definition) is 6. The number of aryl methyl sites for hydroxylation is 1. The molecule has 0 bridgehead atoms. The minimum absolute atomic E-state index is 0.345. The van der Waals surface area contributed by atoms with Crippen LogP contribution in [0, 0.1) is 0 Å². The Bertz CT molecular complexity index is 918. The zero-order valence-electron chi connectivity index (χ0n) is 16.3. The minimum atomic E-state index is 0.345. The number of hydrogen-bond donors (Lipinski definition) is 0. The third kappa shape index (κ3) is 4.14. The van der Waals surface area contributed by atoms with E-state index >= 15 is 0 Å². The van der Waals surface area contributed by atoms with Crippen molar-refractivity contribution < 1.29 is 9.47 Å². The van der Waals surface area contributed by atoms with Crippen molar-refractivity contribution in [3.05, 3.63) is 60.3 Å². The van der Waals surface area contributed by atoms with Crippen LogP contribution >= 0.6 is 0 Å². The second-order valence-electron chi connectivity index (χ2n) is 7.02. The van der Waals surface area contributed by atoms with Crippen LogP contribution < -0.4 is 9.47 Å². The number of likely N-dealkylation sites (tertiary alicyclic amines) is 1. The molecule has 0 radical (unpaired) electrons. The summed E-state index contributed by atoms with van der Waals surface area (Å²) < 4.78 is 13.3. The summed E-state index contributed by atoms with van der Waals surface area (Å²) in [4.78, 5) is 11.5. The van der Waals surface area contributed by atoms with E-state index in [4.69, 9.17) is 9.47 Å². The van der Waals surface area contributed by atoms with E-state index in [1.165, 1.54) is 5.69 Å². The van der Waals surface area contributed by atoms with Gasteiger partial charge in [-0.15, -0.1) is 0 Å². The molecule has 0 atom stereocenters. The fourth-order valence-electron chi connectivity index (χ4n) is 3.62. The standard InChI is InChI=1S/C21H25N5O2/c1-25-17(6-9-24-25)15-26-12-7-16(8-13-26)20-21(23-11-10-22-20)28-19-5-3-4-18(14-19)27-2/h3-6,9-11,14,16H,7-8,12-13,15H2,1-2H3. The van der Waals surface area contributed by atoms with Crippen molar-refractivity contribution in [2.24, 2.45) is 7.05 Å². The summed E-state index contributed by atoms with van der Waals surface area (Å²) in [6.45, 7) is 2.97. The van der Waals surface area contributed by atoms with Gasteiger partial charge in [-0.3, -0.25) is 14.6 Å². The molecule has 0 amide bonds. The van der Waals surface area contributed by atoms with E-state index in [2.05, 4.69) is 26.0 Å². The highest BCUT2D eigenvalue weighted by Gasteiger charge is 2.25. The lowest BCUT2D eigenvalue weighted by atomic mass is 9.93. The summed E-state index contributed by atoms with van der Waals surface area (Å²) in [5, 5.41) is 4.25. The van der Waals surface area contributed by atoms with Gasteiger partial charge < -0.3 is 9.47 Å². The number of benzene rings is 1. The molecule has 7 heteroatoms. The summed E-state index contributed by atoms with van der Waals surface area (Å²) in [6, 6.07) is 9.63. The molecule has 1 aromatic carbocycles. The lowest BCUT2D eigenvalue weighted by molar-refractivity contribution is 0.197. The smallest absolute Gasteiger partial charge is 0.241 e. The van der Waals surface area contributed by atoms with Gasteiger partial charge in [-0.2, -0.15) is 5.10 Å². The molecule has 2 aromatic heterocycles. The lowest BCUT2D eigenvalue weighted by Gasteiger charge is -2.31. The van der Waals surface area contributed by atoms with Crippen LogP contribution in [-0.2, 0) is 13.6 Å². The molecule has 1 saturated heterocycles. The van der Waals surface area contributed by atoms with Gasteiger partial charge in [-0.05, 0) is 44.1 Å². The van der Waals surface area contributed by atoms with Crippen LogP contribution in [0.1, 0.15) is 30.1 Å². The molecule has 3 aromatic rings. The summed E-state index contributed by atoms with van der Waals surface area (Å²) in [5.41, 5.74) is 2.17. The Labute approximate surface area is 164 Å². The Hall–Kier alpha value is -2.93. The van der Waals surface area contributed by atoms with Crippen LogP contribution in [0.4, 0.5) is 0 Å². The van der Waals surface area contributed by atoms with E-state index in [9.17, 15) is 0 Å². The normalized spacial score (nSPS) is 15.5. The highest BCUT2D eigenvalue weighted by atomic mass is 16.5. The van der Waals surface area contributed by atoms with E-state index in [1.807, 2.05) is 42.2 Å². The number of piperidine rings is 1. The molecule has 146 valence electrons. The number of methoxy groups -OCH3 is 1. The maximum absolute atomic E-state index is 6.05. The Morgan fingerprint density at radius 3 is 2.57 bits per heavy atom. The first-order valence-corrected chi connectivity index (χ1v) is 9.55. The van der Waals surface area contributed by atoms with Gasteiger partial charge >= 0.3 is 0 Å². The van der Waals surface area contributed by atoms with Crippen LogP contribution in [0.3, 0.4) is 0 Å². The van der Waals surface area contributed by atoms with Crippen LogP contribution in [0.2, 0.25) is 0 Å². The summed E-state index contributed by atoms with van der Waals surface area (Å²) in [5.74, 6) is 2.39. The number of aromatic nitrogens is 4. The van der Waals surface area contributed by atoms with Gasteiger partial charge in [0.2, 0.25) is 5.88 Å². The number of ether oxygens (including phenoxy) is 2. The van der Waals surface area contributed by atoms with E-state index in [0.29, 0.717) is 17.5 Å². The molecule has 3 heterocycles. The fourth-order valence-corrected chi connectivity index (χ4v) is 3.62. The largest absolute Gasteiger partial charge is 0.497 e. The van der Waals surface area contributed by atoms with E-state index in [0.717, 1.165) is 43.9 Å². The molecule has 1 aliphatic heterocycles. The molecule has 0 spiro atoms. The summed E-state index contributed by atoms with van der Waals surface area (Å²) in [7, 11) is 3.63. The second kappa shape index (κ2) is 8.39. The quantitative estimate of drug-likeness (QED) is 0.654. The SMILES string of the molecule is COc1cccc(Oc2nccnc2C2CCN(Cc3ccnn3C)CC2)c1. The molecule has 1 aliphatic rings. The van der Waals surface area contributed by atoms with Gasteiger partial charge in [0.05, 0.1) is 12.8 Å². The monoisotopic (exact) mass is 379 g/mol. The molecule has 0 N–H and O–H groups in total. The van der Waals surface area contributed by atoms with Gasteiger partial charge in [-0.25, -0.2) is 4.98 Å². The molecule has 4 rings (SSSR count). The molecule has 7 nitrogen and oxygen atoms in total. The molecule has 0 aliphatic carbocycles. The second-order valence-corrected chi connectivity index (χ2v) is 7.02. The van der Waals surface area contributed by atoms with Gasteiger partial charge in [0.1, 0.15) is 17.2 Å². The predicted octanol–water partition coefficient (Wildman–Crippen LogP) is 3.39. The van der Waals surface area contributed by atoms with Crippen molar-refractivity contribution in [2.45, 2.75) is 25.3 Å². The van der Waals surface area contributed by atoms with Crippen molar-refractivity contribution >= 4 is 0 Å². The Morgan fingerprint density at radius 1 is 1.04 bits per heavy atom. The zero-order chi connectivity index (χ0) is 19.3. The van der Waals surface area contributed by atoms with Crippen LogP contribution in [-0.4, -0.2) is 44.8 Å². The Balaban J connectivity index is 1.43. The van der Waals surface area contributed by atoms with Crippen molar-refractivity contribution in [3.63, 3.8) is 0 Å². The lowest BCUT2D eigenvalue weighted by Crippen LogP contribution is -2.33. The predicted molar refractivity (Wildman–Crippen MR) is 106 cm³/mol. The minimum Gasteiger partial charge on any atom is -0.497 e. The summed E-state index contributed by atoms with van der Waals surface area (Å²) in [6.07, 6.45) is 7.34. The maximum Gasteiger partial charge on any atom is 0.241 e. The maximum atomic E-state index is 6.05. The fraction of sp³-hybridized carbons (Fsp3) is 0.381. The Morgan fingerprint density at radius 2 is 1.82 bits per heavy atom. The number of rotatable bonds is 6. The Kier molecular flexibility index (Phi) is 5.53. The van der Waals surface area contributed by atoms with Crippen molar-refractivity contribution in [1.82, 2.24) is 24.6 Å². The third-order valence-electron chi connectivity index (χ3n) is 5.23. The van der Waals surface area contributed by atoms with Gasteiger partial charge in [0.15, 0.2) is 0 Å². The van der Waals surface area contributed by atoms with Gasteiger partial charge in [0, 0.05) is 44.2 Å². The zero-order valence-corrected chi connectivity index (χ0v) is 16.3. The number of nitrogens with zero attached hydrogens (tertiary/aromatic N) is 5. The molecule has 1 fully saturated rings. The van der Waals surface area contributed by atoms with Crippen LogP contribution in [0.15, 0.2) is 48.9 Å². The van der Waals surface area contributed by atoms with Crippen molar-refractivity contribution in [1.29, 1.82) is 0 Å². The van der Waals surface area contributed by atoms with Gasteiger partial charge in [0.25, 0.3) is 0 Å². The first kappa shape index (κ1) is 18.4.